The van der Waals surface area contributed by atoms with Crippen molar-refractivity contribution in [1.82, 2.24) is 5.32 Å². The summed E-state index contributed by atoms with van der Waals surface area (Å²) < 4.78 is 0. The monoisotopic (exact) mass is 222 g/mol. The summed E-state index contributed by atoms with van der Waals surface area (Å²) in [5.74, 6) is 0.208. The molecule has 0 aliphatic carbocycles. The molecule has 4 heteroatoms. The van der Waals surface area contributed by atoms with E-state index in [4.69, 9.17) is 12.2 Å². The number of phenols is 1. The first-order chi connectivity index (χ1) is 7.11. The largest absolute Gasteiger partial charge is 0.508 e. The van der Waals surface area contributed by atoms with Gasteiger partial charge in [0.1, 0.15) is 5.75 Å². The molecule has 0 saturated carbocycles. The first-order valence-electron chi connectivity index (χ1n) is 4.61. The summed E-state index contributed by atoms with van der Waals surface area (Å²) in [6, 6.07) is 6.90. The van der Waals surface area contributed by atoms with E-state index in [1.807, 2.05) is 13.0 Å². The molecule has 80 valence electrons. The Hall–Kier alpha value is -1.55. The highest BCUT2D eigenvalue weighted by Crippen LogP contribution is 2.14. The van der Waals surface area contributed by atoms with Crippen molar-refractivity contribution in [2.24, 2.45) is 0 Å². The van der Waals surface area contributed by atoms with Gasteiger partial charge in [0.25, 0.3) is 0 Å². The first-order valence-corrected chi connectivity index (χ1v) is 5.01. The van der Waals surface area contributed by atoms with Crippen LogP contribution in [0.25, 0.3) is 0 Å². The van der Waals surface area contributed by atoms with Gasteiger partial charge in [-0.1, -0.05) is 12.1 Å². The molecule has 3 N–H and O–H groups in total. The van der Waals surface area contributed by atoms with Gasteiger partial charge < -0.3 is 15.7 Å². The molecule has 0 aromatic heterocycles. The summed E-state index contributed by atoms with van der Waals surface area (Å²) in [4.78, 5) is 0. The maximum Gasteiger partial charge on any atom is 0.171 e. The van der Waals surface area contributed by atoms with Crippen molar-refractivity contribution < 1.29 is 5.11 Å². The highest BCUT2D eigenvalue weighted by atomic mass is 32.1. The van der Waals surface area contributed by atoms with Crippen molar-refractivity contribution in [2.45, 2.75) is 13.0 Å². The quantitative estimate of drug-likeness (QED) is 0.542. The average Bonchev–Trinajstić information content (AvgIpc) is 2.17. The molecule has 1 aromatic carbocycles. The zero-order valence-electron chi connectivity index (χ0n) is 8.53. The summed E-state index contributed by atoms with van der Waals surface area (Å²) in [7, 11) is 0. The highest BCUT2D eigenvalue weighted by molar-refractivity contribution is 7.80. The second-order valence-electron chi connectivity index (χ2n) is 3.17. The number of aromatic hydroxyl groups is 1. The van der Waals surface area contributed by atoms with Crippen LogP contribution in [0.2, 0.25) is 0 Å². The molecule has 0 aliphatic heterocycles. The Bertz CT molecular complexity index is 365. The Kier molecular flexibility index (Phi) is 4.12. The normalized spacial score (nSPS) is 11.5. The second kappa shape index (κ2) is 5.36. The van der Waals surface area contributed by atoms with Crippen molar-refractivity contribution in [3.63, 3.8) is 0 Å². The molecule has 0 bridgehead atoms. The van der Waals surface area contributed by atoms with Gasteiger partial charge in [0, 0.05) is 17.8 Å². The number of phenolic OH excluding ortho intramolecular Hbond substituents is 1. The summed E-state index contributed by atoms with van der Waals surface area (Å²) >= 11 is 5.07. The van der Waals surface area contributed by atoms with Crippen molar-refractivity contribution in [1.29, 1.82) is 0 Å². The number of hydrogen-bond donors (Lipinski definition) is 3. The third-order valence-corrected chi connectivity index (χ3v) is 2.04. The maximum absolute atomic E-state index is 9.23. The van der Waals surface area contributed by atoms with E-state index in [1.54, 1.807) is 24.3 Å². The van der Waals surface area contributed by atoms with Crippen LogP contribution in [0.3, 0.4) is 0 Å². The molecule has 0 fully saturated rings. The third kappa shape index (κ3) is 3.99. The Labute approximate surface area is 94.8 Å². The van der Waals surface area contributed by atoms with E-state index in [-0.39, 0.29) is 11.8 Å². The van der Waals surface area contributed by atoms with Crippen LogP contribution in [-0.2, 0) is 0 Å². The van der Waals surface area contributed by atoms with Crippen molar-refractivity contribution in [3.8, 4) is 5.75 Å². The number of hydrogen-bond acceptors (Lipinski definition) is 2. The van der Waals surface area contributed by atoms with E-state index in [0.717, 1.165) is 5.69 Å². The number of anilines is 1. The van der Waals surface area contributed by atoms with Crippen LogP contribution >= 0.6 is 12.2 Å². The highest BCUT2D eigenvalue weighted by Gasteiger charge is 2.00. The lowest BCUT2D eigenvalue weighted by Crippen LogP contribution is -2.34. The molecule has 0 saturated heterocycles. The van der Waals surface area contributed by atoms with Crippen LogP contribution in [0.15, 0.2) is 36.9 Å². The van der Waals surface area contributed by atoms with Gasteiger partial charge in [-0.2, -0.15) is 0 Å². The molecule has 1 aromatic rings. The van der Waals surface area contributed by atoms with Crippen molar-refractivity contribution in [3.05, 3.63) is 36.9 Å². The molecule has 0 heterocycles. The van der Waals surface area contributed by atoms with E-state index in [2.05, 4.69) is 17.2 Å². The third-order valence-electron chi connectivity index (χ3n) is 1.82. The van der Waals surface area contributed by atoms with Crippen LogP contribution in [0.4, 0.5) is 5.69 Å². The number of thiocarbonyl (C=S) groups is 1. The summed E-state index contributed by atoms with van der Waals surface area (Å²) in [6.45, 7) is 5.59. The summed E-state index contributed by atoms with van der Waals surface area (Å²) in [5.41, 5.74) is 0.753. The van der Waals surface area contributed by atoms with Gasteiger partial charge >= 0.3 is 0 Å². The lowest BCUT2D eigenvalue weighted by atomic mass is 10.3. The minimum absolute atomic E-state index is 0.113. The Balaban J connectivity index is 2.55. The van der Waals surface area contributed by atoms with Gasteiger partial charge in [0.2, 0.25) is 0 Å². The maximum atomic E-state index is 9.23. The van der Waals surface area contributed by atoms with Crippen LogP contribution in [0, 0.1) is 0 Å². The van der Waals surface area contributed by atoms with Gasteiger partial charge in [-0.3, -0.25) is 0 Å². The fourth-order valence-corrected chi connectivity index (χ4v) is 1.32. The fourth-order valence-electron chi connectivity index (χ4n) is 1.02. The molecule has 0 aliphatic rings. The lowest BCUT2D eigenvalue weighted by molar-refractivity contribution is 0.475. The van der Waals surface area contributed by atoms with E-state index in [9.17, 15) is 5.11 Å². The number of benzene rings is 1. The molecule has 0 radical (unpaired) electrons. The molecule has 1 rings (SSSR count). The van der Waals surface area contributed by atoms with Gasteiger partial charge in [0.05, 0.1) is 0 Å². The zero-order chi connectivity index (χ0) is 11.3. The lowest BCUT2D eigenvalue weighted by Gasteiger charge is -2.13. The molecule has 1 unspecified atom stereocenters. The molecule has 0 spiro atoms. The topological polar surface area (TPSA) is 44.3 Å². The number of rotatable bonds is 3. The molecular weight excluding hydrogens is 208 g/mol. The summed E-state index contributed by atoms with van der Waals surface area (Å²) in [5, 5.41) is 15.7. The minimum Gasteiger partial charge on any atom is -0.508 e. The van der Waals surface area contributed by atoms with E-state index >= 15 is 0 Å². The van der Waals surface area contributed by atoms with Crippen LogP contribution in [0.5, 0.6) is 5.75 Å². The smallest absolute Gasteiger partial charge is 0.171 e. The van der Waals surface area contributed by atoms with Gasteiger partial charge in [-0.05, 0) is 31.3 Å². The predicted molar refractivity (Wildman–Crippen MR) is 67.1 cm³/mol. The van der Waals surface area contributed by atoms with Gasteiger partial charge in [0.15, 0.2) is 5.11 Å². The van der Waals surface area contributed by atoms with Crippen LogP contribution < -0.4 is 10.6 Å². The Morgan fingerprint density at radius 2 is 2.33 bits per heavy atom. The molecular formula is C11H14N2OS. The first kappa shape index (κ1) is 11.5. The summed E-state index contributed by atoms with van der Waals surface area (Å²) in [6.07, 6.45) is 1.76. The van der Waals surface area contributed by atoms with E-state index in [0.29, 0.717) is 5.11 Å². The van der Waals surface area contributed by atoms with Crippen molar-refractivity contribution in [2.75, 3.05) is 5.32 Å². The van der Waals surface area contributed by atoms with E-state index in [1.165, 1.54) is 0 Å². The van der Waals surface area contributed by atoms with Crippen molar-refractivity contribution >= 4 is 23.0 Å². The van der Waals surface area contributed by atoms with Gasteiger partial charge in [-0.25, -0.2) is 0 Å². The second-order valence-corrected chi connectivity index (χ2v) is 3.58. The standard InChI is InChI=1S/C11H14N2OS/c1-3-8(2)12-11(15)13-9-5-4-6-10(14)7-9/h3-8,14H,1H2,2H3,(H2,12,13,15). The SMILES string of the molecule is C=CC(C)NC(=S)Nc1cccc(O)c1. The molecule has 1 atom stereocenters. The van der Waals surface area contributed by atoms with E-state index < -0.39 is 0 Å². The predicted octanol–water partition coefficient (Wildman–Crippen LogP) is 2.25. The Morgan fingerprint density at radius 3 is 2.93 bits per heavy atom. The molecule has 3 nitrogen and oxygen atoms in total. The Morgan fingerprint density at radius 1 is 1.60 bits per heavy atom. The van der Waals surface area contributed by atoms with Crippen LogP contribution in [-0.4, -0.2) is 16.3 Å². The minimum atomic E-state index is 0.113. The fraction of sp³-hybridized carbons (Fsp3) is 0.182. The average molecular weight is 222 g/mol. The van der Waals surface area contributed by atoms with Crippen LogP contribution in [0.1, 0.15) is 6.92 Å². The molecule has 0 amide bonds. The molecule has 15 heavy (non-hydrogen) atoms. The zero-order valence-corrected chi connectivity index (χ0v) is 9.34. The number of nitrogens with one attached hydrogen (secondary N) is 2. The van der Waals surface area contributed by atoms with Gasteiger partial charge in [-0.15, -0.1) is 6.58 Å².